The van der Waals surface area contributed by atoms with Gasteiger partial charge in [0.2, 0.25) is 5.91 Å². The molecule has 0 aliphatic carbocycles. The first-order chi connectivity index (χ1) is 13.8. The first-order valence-electron chi connectivity index (χ1n) is 9.31. The normalized spacial score (nSPS) is 15.7. The van der Waals surface area contributed by atoms with Gasteiger partial charge in [0.15, 0.2) is 0 Å². The fraction of sp³-hybridized carbons (Fsp3) is 0.318. The van der Waals surface area contributed by atoms with Gasteiger partial charge >= 0.3 is 0 Å². The van der Waals surface area contributed by atoms with Crippen molar-refractivity contribution in [3.8, 4) is 11.8 Å². The number of nitrogens with zero attached hydrogens (tertiary/aromatic N) is 2. The molecule has 0 radical (unpaired) electrons. The van der Waals surface area contributed by atoms with Crippen molar-refractivity contribution in [1.29, 1.82) is 5.26 Å². The van der Waals surface area contributed by atoms with Crippen molar-refractivity contribution in [3.63, 3.8) is 0 Å². The maximum absolute atomic E-state index is 13.6. The van der Waals surface area contributed by atoms with Crippen LogP contribution < -0.4 is 10.1 Å². The van der Waals surface area contributed by atoms with Crippen LogP contribution in [0.15, 0.2) is 36.4 Å². The van der Waals surface area contributed by atoms with Crippen molar-refractivity contribution in [2.45, 2.75) is 19.8 Å². The molecule has 1 heterocycles. The Balaban J connectivity index is 1.94. The van der Waals surface area contributed by atoms with Crippen LogP contribution in [0.25, 0.3) is 0 Å². The van der Waals surface area contributed by atoms with Gasteiger partial charge < -0.3 is 15.0 Å². The second-order valence-electron chi connectivity index (χ2n) is 7.41. The second kappa shape index (κ2) is 8.31. The van der Waals surface area contributed by atoms with E-state index in [-0.39, 0.29) is 29.8 Å². The smallest absolute Gasteiger partial charge is 0.254 e. The molecule has 0 unspecified atom stereocenters. The van der Waals surface area contributed by atoms with Crippen molar-refractivity contribution >= 4 is 17.5 Å². The molecule has 0 bridgehead atoms. The highest BCUT2D eigenvalue weighted by Crippen LogP contribution is 2.32. The molecule has 7 heteroatoms. The van der Waals surface area contributed by atoms with Gasteiger partial charge in [0.25, 0.3) is 5.91 Å². The van der Waals surface area contributed by atoms with E-state index in [1.807, 2.05) is 13.8 Å². The minimum Gasteiger partial charge on any atom is -0.497 e. The highest BCUT2D eigenvalue weighted by atomic mass is 19.1. The van der Waals surface area contributed by atoms with Gasteiger partial charge in [0.1, 0.15) is 17.6 Å². The van der Waals surface area contributed by atoms with Crippen LogP contribution in [-0.4, -0.2) is 36.9 Å². The Morgan fingerprint density at radius 2 is 2.10 bits per heavy atom. The average molecular weight is 395 g/mol. The van der Waals surface area contributed by atoms with Gasteiger partial charge in [-0.3, -0.25) is 9.59 Å². The molecular weight excluding hydrogens is 373 g/mol. The number of hydrogen-bond acceptors (Lipinski definition) is 4. The summed E-state index contributed by atoms with van der Waals surface area (Å²) in [6, 6.07) is 10.7. The van der Waals surface area contributed by atoms with Crippen LogP contribution in [0, 0.1) is 23.1 Å². The summed E-state index contributed by atoms with van der Waals surface area (Å²) in [5.74, 6) is -0.916. The number of ether oxygens (including phenoxy) is 1. The Hall–Kier alpha value is -3.40. The van der Waals surface area contributed by atoms with Crippen LogP contribution in [0.5, 0.6) is 5.75 Å². The molecule has 2 aromatic carbocycles. The molecule has 1 aliphatic heterocycles. The lowest BCUT2D eigenvalue weighted by molar-refractivity contribution is -0.118. The van der Waals surface area contributed by atoms with Crippen LogP contribution in [0.2, 0.25) is 0 Å². The zero-order valence-electron chi connectivity index (χ0n) is 16.5. The van der Waals surface area contributed by atoms with Crippen molar-refractivity contribution < 1.29 is 18.7 Å². The zero-order valence-corrected chi connectivity index (χ0v) is 16.5. The van der Waals surface area contributed by atoms with Crippen molar-refractivity contribution in [2.75, 3.05) is 25.5 Å². The number of amides is 2. The van der Waals surface area contributed by atoms with Gasteiger partial charge in [-0.25, -0.2) is 4.39 Å². The second-order valence-corrected chi connectivity index (χ2v) is 7.41. The highest BCUT2D eigenvalue weighted by molar-refractivity contribution is 6.04. The topological polar surface area (TPSA) is 82.4 Å². The van der Waals surface area contributed by atoms with Gasteiger partial charge in [0.05, 0.1) is 18.6 Å². The molecule has 1 aliphatic rings. The maximum Gasteiger partial charge on any atom is 0.254 e. The van der Waals surface area contributed by atoms with E-state index in [2.05, 4.69) is 5.32 Å². The molecular formula is C22H22FN3O3. The Kier molecular flexibility index (Phi) is 5.83. The quantitative estimate of drug-likeness (QED) is 0.839. The number of anilines is 1. The SMILES string of the molecule is COc1ccc2c(c1)C(=O)N(CC(C)C)C[C@@H]2C(=O)Nc1ccc(F)c(C#N)c1. The van der Waals surface area contributed by atoms with E-state index in [1.165, 1.54) is 19.2 Å². The summed E-state index contributed by atoms with van der Waals surface area (Å²) in [5, 5.41) is 11.7. The third kappa shape index (κ3) is 4.21. The third-order valence-corrected chi connectivity index (χ3v) is 4.81. The van der Waals surface area contributed by atoms with E-state index in [1.54, 1.807) is 29.2 Å². The number of methoxy groups -OCH3 is 1. The average Bonchev–Trinajstić information content (AvgIpc) is 2.70. The Bertz CT molecular complexity index is 997. The van der Waals surface area contributed by atoms with Gasteiger partial charge in [0, 0.05) is 24.3 Å². The summed E-state index contributed by atoms with van der Waals surface area (Å²) < 4.78 is 18.8. The van der Waals surface area contributed by atoms with E-state index in [9.17, 15) is 14.0 Å². The van der Waals surface area contributed by atoms with E-state index in [4.69, 9.17) is 10.00 Å². The van der Waals surface area contributed by atoms with Crippen molar-refractivity contribution in [3.05, 3.63) is 58.9 Å². The van der Waals surface area contributed by atoms with Crippen LogP contribution in [-0.2, 0) is 4.79 Å². The van der Waals surface area contributed by atoms with Gasteiger partial charge in [-0.2, -0.15) is 5.26 Å². The van der Waals surface area contributed by atoms with Crippen LogP contribution in [0.4, 0.5) is 10.1 Å². The van der Waals surface area contributed by atoms with Gasteiger partial charge in [-0.15, -0.1) is 0 Å². The molecule has 6 nitrogen and oxygen atoms in total. The molecule has 0 fully saturated rings. The Morgan fingerprint density at radius 3 is 2.76 bits per heavy atom. The standard InChI is InChI=1S/C22H22FN3O3/c1-13(2)11-26-12-19(17-6-5-16(29-3)9-18(17)22(26)28)21(27)25-15-4-7-20(23)14(8-15)10-24/h4-9,13,19H,11-12H2,1-3H3,(H,25,27)/t19-/m0/s1. The number of nitriles is 1. The summed E-state index contributed by atoms with van der Waals surface area (Å²) in [6.45, 7) is 4.78. The number of benzene rings is 2. The van der Waals surface area contributed by atoms with Crippen LogP contribution in [0.1, 0.15) is 41.3 Å². The summed E-state index contributed by atoms with van der Waals surface area (Å²) in [6.07, 6.45) is 0. The molecule has 1 atom stereocenters. The number of hydrogen-bond donors (Lipinski definition) is 1. The monoisotopic (exact) mass is 395 g/mol. The number of fused-ring (bicyclic) bond motifs is 1. The first-order valence-corrected chi connectivity index (χ1v) is 9.31. The third-order valence-electron chi connectivity index (χ3n) is 4.81. The molecule has 150 valence electrons. The summed E-state index contributed by atoms with van der Waals surface area (Å²) in [5.41, 5.74) is 1.24. The van der Waals surface area contributed by atoms with E-state index in [0.29, 0.717) is 29.1 Å². The lowest BCUT2D eigenvalue weighted by atomic mass is 9.87. The molecule has 0 saturated carbocycles. The summed E-state index contributed by atoms with van der Waals surface area (Å²) >= 11 is 0. The Labute approximate surface area is 168 Å². The lowest BCUT2D eigenvalue weighted by Crippen LogP contribution is -2.45. The van der Waals surface area contributed by atoms with Crippen LogP contribution in [0.3, 0.4) is 0 Å². The van der Waals surface area contributed by atoms with E-state index < -0.39 is 11.7 Å². The molecule has 3 rings (SSSR count). The number of halogens is 1. The zero-order chi connectivity index (χ0) is 21.1. The molecule has 29 heavy (non-hydrogen) atoms. The van der Waals surface area contributed by atoms with E-state index >= 15 is 0 Å². The molecule has 2 aromatic rings. The van der Waals surface area contributed by atoms with Crippen molar-refractivity contribution in [1.82, 2.24) is 4.90 Å². The van der Waals surface area contributed by atoms with Gasteiger partial charge in [-0.1, -0.05) is 19.9 Å². The number of carbonyl (C=O) groups excluding carboxylic acids is 2. The predicted molar refractivity (Wildman–Crippen MR) is 106 cm³/mol. The van der Waals surface area contributed by atoms with Crippen LogP contribution >= 0.6 is 0 Å². The molecule has 0 aromatic heterocycles. The number of rotatable bonds is 5. The highest BCUT2D eigenvalue weighted by Gasteiger charge is 2.35. The minimum absolute atomic E-state index is 0.134. The number of nitrogens with one attached hydrogen (secondary N) is 1. The maximum atomic E-state index is 13.6. The molecule has 0 spiro atoms. The minimum atomic E-state index is -0.644. The molecule has 2 amide bonds. The number of carbonyl (C=O) groups is 2. The molecule has 0 saturated heterocycles. The summed E-state index contributed by atoms with van der Waals surface area (Å²) in [7, 11) is 1.52. The first kappa shape index (κ1) is 20.3. The molecule has 1 N–H and O–H groups in total. The fourth-order valence-corrected chi connectivity index (χ4v) is 3.46. The predicted octanol–water partition coefficient (Wildman–Crippen LogP) is 3.54. The fourth-order valence-electron chi connectivity index (χ4n) is 3.46. The lowest BCUT2D eigenvalue weighted by Gasteiger charge is -2.34. The van der Waals surface area contributed by atoms with Gasteiger partial charge in [-0.05, 0) is 41.8 Å². The largest absolute Gasteiger partial charge is 0.497 e. The van der Waals surface area contributed by atoms with E-state index in [0.717, 1.165) is 6.07 Å². The Morgan fingerprint density at radius 1 is 1.34 bits per heavy atom. The summed E-state index contributed by atoms with van der Waals surface area (Å²) in [4.78, 5) is 27.6. The van der Waals surface area contributed by atoms with Crippen molar-refractivity contribution in [2.24, 2.45) is 5.92 Å².